The molecule has 0 fully saturated rings. The summed E-state index contributed by atoms with van der Waals surface area (Å²) in [7, 11) is 0. The first-order chi connectivity index (χ1) is 11.6. The molecule has 0 amide bonds. The normalized spacial score (nSPS) is 11.7. The second-order valence-electron chi connectivity index (χ2n) is 5.41. The Morgan fingerprint density at radius 3 is 2.67 bits per heavy atom. The molecule has 0 spiro atoms. The van der Waals surface area contributed by atoms with Crippen molar-refractivity contribution in [1.82, 2.24) is 9.55 Å². The average molecular weight is 338 g/mol. The van der Waals surface area contributed by atoms with Gasteiger partial charge in [-0.3, -0.25) is 9.36 Å². The fourth-order valence-electron chi connectivity index (χ4n) is 2.52. The molecule has 3 rings (SSSR count). The second kappa shape index (κ2) is 6.93. The fraction of sp³-hybridized carbons (Fsp3) is 0.158. The number of ether oxygens (including phenoxy) is 1. The third kappa shape index (κ3) is 3.21. The predicted octanol–water partition coefficient (Wildman–Crippen LogP) is 4.30. The van der Waals surface area contributed by atoms with Crippen molar-refractivity contribution in [3.8, 4) is 11.6 Å². The number of benzene rings is 1. The highest BCUT2D eigenvalue weighted by Crippen LogP contribution is 2.24. The Hall–Kier alpha value is -2.53. The lowest BCUT2D eigenvalue weighted by atomic mass is 10.2. The van der Waals surface area contributed by atoms with E-state index in [1.807, 2.05) is 72.5 Å². The number of hydrogen-bond acceptors (Lipinski definition) is 4. The molecule has 24 heavy (non-hydrogen) atoms. The van der Waals surface area contributed by atoms with Gasteiger partial charge in [-0.25, -0.2) is 4.98 Å². The van der Waals surface area contributed by atoms with E-state index in [0.29, 0.717) is 16.9 Å². The van der Waals surface area contributed by atoms with Crippen LogP contribution in [0.5, 0.6) is 5.88 Å². The van der Waals surface area contributed by atoms with Crippen LogP contribution in [-0.4, -0.2) is 15.8 Å². The number of para-hydroxylation sites is 1. The van der Waals surface area contributed by atoms with Gasteiger partial charge in [0.15, 0.2) is 11.1 Å². The molecule has 0 unspecified atom stereocenters. The van der Waals surface area contributed by atoms with Gasteiger partial charge in [-0.15, -0.1) is 11.8 Å². The van der Waals surface area contributed by atoms with Crippen LogP contribution in [0, 0.1) is 6.92 Å². The number of allylic oxidation sites excluding steroid dienone is 1. The van der Waals surface area contributed by atoms with E-state index in [-0.39, 0.29) is 5.43 Å². The first-order valence-electron chi connectivity index (χ1n) is 7.56. The van der Waals surface area contributed by atoms with Crippen molar-refractivity contribution in [3.63, 3.8) is 0 Å². The quantitative estimate of drug-likeness (QED) is 0.665. The van der Waals surface area contributed by atoms with E-state index in [2.05, 4.69) is 4.98 Å². The maximum atomic E-state index is 12.5. The number of aromatic nitrogens is 2. The van der Waals surface area contributed by atoms with E-state index < -0.39 is 0 Å². The minimum atomic E-state index is -0.100. The molecule has 0 aliphatic rings. The van der Waals surface area contributed by atoms with Crippen LogP contribution in [-0.2, 0) is 0 Å². The molecular formula is C19H18N2O2S. The van der Waals surface area contributed by atoms with Crippen LogP contribution in [0.4, 0.5) is 0 Å². The maximum absolute atomic E-state index is 12.5. The number of pyridine rings is 2. The summed E-state index contributed by atoms with van der Waals surface area (Å²) in [4.78, 5) is 17.1. The van der Waals surface area contributed by atoms with E-state index in [4.69, 9.17) is 4.74 Å². The van der Waals surface area contributed by atoms with Crippen molar-refractivity contribution in [2.24, 2.45) is 0 Å². The molecule has 3 aromatic rings. The van der Waals surface area contributed by atoms with Crippen LogP contribution in [0.25, 0.3) is 16.7 Å². The summed E-state index contributed by atoms with van der Waals surface area (Å²) in [5.74, 6) is 1.18. The third-order valence-corrected chi connectivity index (χ3v) is 4.10. The molecule has 0 saturated carbocycles. The van der Waals surface area contributed by atoms with E-state index in [1.54, 1.807) is 11.8 Å². The van der Waals surface area contributed by atoms with Crippen LogP contribution in [0.2, 0.25) is 0 Å². The highest BCUT2D eigenvalue weighted by Gasteiger charge is 2.14. The molecule has 0 saturated heterocycles. The van der Waals surface area contributed by atoms with E-state index >= 15 is 0 Å². The molecule has 2 aromatic heterocycles. The molecule has 2 heterocycles. The van der Waals surface area contributed by atoms with Gasteiger partial charge in [0.25, 0.3) is 0 Å². The monoisotopic (exact) mass is 338 g/mol. The van der Waals surface area contributed by atoms with Crippen LogP contribution >= 0.6 is 11.8 Å². The van der Waals surface area contributed by atoms with Gasteiger partial charge in [-0.1, -0.05) is 18.2 Å². The van der Waals surface area contributed by atoms with Crippen molar-refractivity contribution >= 4 is 22.8 Å². The predicted molar refractivity (Wildman–Crippen MR) is 100.0 cm³/mol. The molecular weight excluding hydrogens is 320 g/mol. The average Bonchev–Trinajstić information content (AvgIpc) is 2.55. The number of thioether (sulfide) groups is 1. The summed E-state index contributed by atoms with van der Waals surface area (Å²) in [6.45, 7) is 3.77. The largest absolute Gasteiger partial charge is 0.444 e. The van der Waals surface area contributed by atoms with Gasteiger partial charge in [0.1, 0.15) is 5.76 Å². The van der Waals surface area contributed by atoms with Crippen LogP contribution in [0.3, 0.4) is 0 Å². The standard InChI is InChI=1S/C19H18N2O2S/c1-13-9-10-16-17(22)11-18(23-14(2)12-24-3)21(19(16)20-13)15-7-5-4-6-8-15/h4-12H,1-3H3/b14-12+. The second-order valence-corrected chi connectivity index (χ2v) is 6.11. The summed E-state index contributed by atoms with van der Waals surface area (Å²) in [6.07, 6.45) is 1.96. The van der Waals surface area contributed by atoms with E-state index in [9.17, 15) is 4.79 Å². The van der Waals surface area contributed by atoms with Gasteiger partial charge in [0.05, 0.1) is 11.1 Å². The molecule has 0 aliphatic heterocycles. The summed E-state index contributed by atoms with van der Waals surface area (Å²) in [5.41, 5.74) is 2.24. The summed E-state index contributed by atoms with van der Waals surface area (Å²) >= 11 is 1.55. The lowest BCUT2D eigenvalue weighted by Gasteiger charge is -2.17. The Morgan fingerprint density at radius 1 is 1.21 bits per heavy atom. The van der Waals surface area contributed by atoms with Crippen molar-refractivity contribution in [2.75, 3.05) is 6.26 Å². The molecule has 0 aliphatic carbocycles. The highest BCUT2D eigenvalue weighted by atomic mass is 32.2. The third-order valence-electron chi connectivity index (χ3n) is 3.53. The molecule has 0 N–H and O–H groups in total. The summed E-state index contributed by atoms with van der Waals surface area (Å²) < 4.78 is 7.81. The lowest BCUT2D eigenvalue weighted by molar-refractivity contribution is 0.403. The Morgan fingerprint density at radius 2 is 1.96 bits per heavy atom. The minimum Gasteiger partial charge on any atom is -0.444 e. The number of nitrogens with zero attached hydrogens (tertiary/aromatic N) is 2. The van der Waals surface area contributed by atoms with E-state index in [0.717, 1.165) is 17.1 Å². The minimum absolute atomic E-state index is 0.100. The Kier molecular flexibility index (Phi) is 4.71. The van der Waals surface area contributed by atoms with Gasteiger partial charge < -0.3 is 4.74 Å². The first kappa shape index (κ1) is 16.3. The number of aryl methyl sites for hydroxylation is 1. The van der Waals surface area contributed by atoms with Crippen LogP contribution in [0.15, 0.2) is 64.5 Å². The molecule has 0 radical (unpaired) electrons. The van der Waals surface area contributed by atoms with E-state index in [1.165, 1.54) is 6.07 Å². The maximum Gasteiger partial charge on any atom is 0.209 e. The van der Waals surface area contributed by atoms with Crippen molar-refractivity contribution < 1.29 is 4.74 Å². The Labute approximate surface area is 144 Å². The molecule has 5 heteroatoms. The van der Waals surface area contributed by atoms with Crippen molar-refractivity contribution in [2.45, 2.75) is 13.8 Å². The first-order valence-corrected chi connectivity index (χ1v) is 8.85. The Balaban J connectivity index is 2.34. The lowest BCUT2D eigenvalue weighted by Crippen LogP contribution is -2.13. The van der Waals surface area contributed by atoms with Crippen LogP contribution < -0.4 is 10.2 Å². The van der Waals surface area contributed by atoms with Gasteiger partial charge in [0, 0.05) is 17.2 Å². The summed E-state index contributed by atoms with van der Waals surface area (Å²) in [5, 5.41) is 2.47. The SMILES string of the molecule is CS/C=C(\C)Oc1cc(=O)c2ccc(C)nc2n1-c1ccccc1. The zero-order chi connectivity index (χ0) is 17.1. The summed E-state index contributed by atoms with van der Waals surface area (Å²) in [6, 6.07) is 15.0. The zero-order valence-electron chi connectivity index (χ0n) is 13.8. The zero-order valence-corrected chi connectivity index (χ0v) is 14.6. The topological polar surface area (TPSA) is 44.1 Å². The number of fused-ring (bicyclic) bond motifs is 1. The van der Waals surface area contributed by atoms with Gasteiger partial charge in [-0.2, -0.15) is 0 Å². The van der Waals surface area contributed by atoms with Gasteiger partial charge in [-0.05, 0) is 44.4 Å². The van der Waals surface area contributed by atoms with Gasteiger partial charge in [0.2, 0.25) is 5.88 Å². The molecule has 1 aromatic carbocycles. The number of hydrogen-bond donors (Lipinski definition) is 0. The van der Waals surface area contributed by atoms with Crippen molar-refractivity contribution in [1.29, 1.82) is 0 Å². The molecule has 4 nitrogen and oxygen atoms in total. The highest BCUT2D eigenvalue weighted by molar-refractivity contribution is 8.01. The van der Waals surface area contributed by atoms with Gasteiger partial charge >= 0.3 is 0 Å². The molecule has 122 valence electrons. The van der Waals surface area contributed by atoms with Crippen LogP contribution in [0.1, 0.15) is 12.6 Å². The fourth-order valence-corrected chi connectivity index (χ4v) is 2.90. The smallest absolute Gasteiger partial charge is 0.209 e. The Bertz CT molecular complexity index is 962. The number of rotatable bonds is 4. The molecule has 0 atom stereocenters. The van der Waals surface area contributed by atoms with Crippen molar-refractivity contribution in [3.05, 3.63) is 75.6 Å². The molecule has 0 bridgehead atoms.